The minimum atomic E-state index is -3.44. The molecule has 2 aliphatic heterocycles. The van der Waals surface area contributed by atoms with E-state index in [-0.39, 0.29) is 25.0 Å². The molecular weight excluding hydrogens is 357 g/mol. The van der Waals surface area contributed by atoms with E-state index in [1.807, 2.05) is 34.9 Å². The molecule has 5 rings (SSSR count). The quantitative estimate of drug-likeness (QED) is 0.700. The van der Waals surface area contributed by atoms with E-state index in [9.17, 15) is 4.57 Å². The van der Waals surface area contributed by atoms with Crippen LogP contribution < -0.4 is 5.09 Å². The van der Waals surface area contributed by atoms with Gasteiger partial charge in [-0.1, -0.05) is 18.2 Å². The van der Waals surface area contributed by atoms with Gasteiger partial charge in [0.05, 0.1) is 19.1 Å². The minimum absolute atomic E-state index is 0.194. The molecule has 0 unspecified atom stereocenters. The van der Waals surface area contributed by atoms with Crippen LogP contribution in [0.4, 0.5) is 5.69 Å². The number of para-hydroxylation sites is 1. The molecule has 2 aromatic heterocycles. The van der Waals surface area contributed by atoms with Gasteiger partial charge in [0, 0.05) is 12.1 Å². The van der Waals surface area contributed by atoms with Crippen LogP contribution in [0.5, 0.6) is 0 Å². The first-order chi connectivity index (χ1) is 12.7. The number of hydrogen-bond donors (Lipinski definition) is 1. The van der Waals surface area contributed by atoms with Gasteiger partial charge in [-0.2, -0.15) is 0 Å². The molecule has 0 radical (unpaired) electrons. The molecule has 1 aromatic carbocycles. The molecule has 3 aromatic rings. The Hall–Kier alpha value is -2.32. The van der Waals surface area contributed by atoms with Crippen LogP contribution in [-0.4, -0.2) is 38.3 Å². The third-order valence-electron chi connectivity index (χ3n) is 4.45. The molecule has 0 saturated carbocycles. The summed E-state index contributed by atoms with van der Waals surface area (Å²) < 4.78 is 32.0. The van der Waals surface area contributed by atoms with Crippen molar-refractivity contribution < 1.29 is 18.3 Å². The molecule has 10 heteroatoms. The third-order valence-corrected chi connectivity index (χ3v) is 6.02. The van der Waals surface area contributed by atoms with Gasteiger partial charge in [-0.05, 0) is 12.1 Å². The minimum Gasteiger partial charge on any atom is -0.349 e. The van der Waals surface area contributed by atoms with Gasteiger partial charge in [-0.3, -0.25) is 18.7 Å². The molecule has 0 amide bonds. The molecule has 134 valence electrons. The monoisotopic (exact) mass is 373 g/mol. The molecule has 0 aliphatic carbocycles. The fourth-order valence-electron chi connectivity index (χ4n) is 3.24. The second kappa shape index (κ2) is 6.14. The highest BCUT2D eigenvalue weighted by molar-refractivity contribution is 7.55. The zero-order chi connectivity index (χ0) is 17.6. The van der Waals surface area contributed by atoms with Crippen LogP contribution in [0, 0.1) is 0 Å². The first kappa shape index (κ1) is 15.9. The van der Waals surface area contributed by atoms with Gasteiger partial charge in [0.1, 0.15) is 30.3 Å². The lowest BCUT2D eigenvalue weighted by Crippen LogP contribution is -2.34. The van der Waals surface area contributed by atoms with Crippen molar-refractivity contribution in [1.82, 2.24) is 19.5 Å². The van der Waals surface area contributed by atoms with Crippen molar-refractivity contribution in [3.63, 3.8) is 0 Å². The summed E-state index contributed by atoms with van der Waals surface area (Å²) in [7, 11) is -3.44. The second-order valence-corrected chi connectivity index (χ2v) is 7.85. The zero-order valence-corrected chi connectivity index (χ0v) is 14.5. The van der Waals surface area contributed by atoms with Crippen molar-refractivity contribution >= 4 is 24.6 Å². The van der Waals surface area contributed by atoms with Crippen LogP contribution in [-0.2, 0) is 18.3 Å². The Morgan fingerprint density at radius 1 is 1.19 bits per heavy atom. The SMILES string of the molecule is O=[P@]1(Nc2ccccc2)OC[C@@H]2O[C@@H](n3cnc4cncnc43)C[C@H]2O1. The molecule has 2 aliphatic rings. The molecule has 9 nitrogen and oxygen atoms in total. The summed E-state index contributed by atoms with van der Waals surface area (Å²) >= 11 is 0. The lowest BCUT2D eigenvalue weighted by atomic mass is 10.2. The lowest BCUT2D eigenvalue weighted by Gasteiger charge is -2.31. The van der Waals surface area contributed by atoms with Crippen LogP contribution in [0.15, 0.2) is 49.2 Å². The van der Waals surface area contributed by atoms with Gasteiger partial charge in [0.15, 0.2) is 5.65 Å². The highest BCUT2D eigenvalue weighted by atomic mass is 31.2. The molecule has 0 bridgehead atoms. The average molecular weight is 373 g/mol. The lowest BCUT2D eigenvalue weighted by molar-refractivity contribution is -0.0558. The van der Waals surface area contributed by atoms with E-state index in [4.69, 9.17) is 13.8 Å². The fraction of sp³-hybridized carbons (Fsp3) is 0.312. The number of hydrogen-bond acceptors (Lipinski definition) is 7. The van der Waals surface area contributed by atoms with Crippen molar-refractivity contribution in [2.75, 3.05) is 11.7 Å². The van der Waals surface area contributed by atoms with Crippen LogP contribution in [0.3, 0.4) is 0 Å². The summed E-state index contributed by atoms with van der Waals surface area (Å²) in [6.45, 7) is 0.194. The van der Waals surface area contributed by atoms with E-state index in [0.29, 0.717) is 23.3 Å². The molecule has 4 atom stereocenters. The van der Waals surface area contributed by atoms with Gasteiger partial charge >= 0.3 is 7.75 Å². The predicted octanol–water partition coefficient (Wildman–Crippen LogP) is 2.75. The Morgan fingerprint density at radius 2 is 2.08 bits per heavy atom. The van der Waals surface area contributed by atoms with Gasteiger partial charge in [0.2, 0.25) is 0 Å². The van der Waals surface area contributed by atoms with Crippen molar-refractivity contribution in [3.05, 3.63) is 49.2 Å². The van der Waals surface area contributed by atoms with Crippen molar-refractivity contribution in [2.24, 2.45) is 0 Å². The molecule has 4 heterocycles. The number of imidazole rings is 1. The normalized spacial score (nSPS) is 31.0. The van der Waals surface area contributed by atoms with Crippen LogP contribution >= 0.6 is 7.75 Å². The number of benzene rings is 1. The van der Waals surface area contributed by atoms with Crippen LogP contribution in [0.2, 0.25) is 0 Å². The largest absolute Gasteiger partial charge is 0.433 e. The number of rotatable bonds is 3. The Balaban J connectivity index is 1.34. The Bertz CT molecular complexity index is 981. The molecule has 1 N–H and O–H groups in total. The van der Waals surface area contributed by atoms with Crippen molar-refractivity contribution in [1.29, 1.82) is 0 Å². The maximum Gasteiger partial charge on any atom is 0.433 e. The van der Waals surface area contributed by atoms with E-state index >= 15 is 0 Å². The summed E-state index contributed by atoms with van der Waals surface area (Å²) in [5.41, 5.74) is 2.07. The van der Waals surface area contributed by atoms with Gasteiger partial charge < -0.3 is 4.74 Å². The average Bonchev–Trinajstić information content (AvgIpc) is 3.25. The van der Waals surface area contributed by atoms with Gasteiger partial charge in [-0.25, -0.2) is 19.5 Å². The van der Waals surface area contributed by atoms with E-state index in [2.05, 4.69) is 20.0 Å². The first-order valence-electron chi connectivity index (χ1n) is 8.24. The van der Waals surface area contributed by atoms with Gasteiger partial charge in [-0.15, -0.1) is 0 Å². The number of ether oxygens (including phenoxy) is 1. The maximum absolute atomic E-state index is 12.9. The molecule has 2 fully saturated rings. The topological polar surface area (TPSA) is 100 Å². The van der Waals surface area contributed by atoms with E-state index in [0.717, 1.165) is 0 Å². The summed E-state index contributed by atoms with van der Waals surface area (Å²) in [6.07, 6.45) is 4.39. The zero-order valence-electron chi connectivity index (χ0n) is 13.6. The standard InChI is InChI=1S/C16H16N5O4P/c22-26(20-11-4-2-1-3-5-11)23-8-14-13(25-26)6-15(24-14)21-10-19-12-7-17-9-18-16(12)21/h1-5,7,9-10,13-15H,6,8H2,(H,20,22)/t13-,14+,15-,26-/m1/s1. The van der Waals surface area contributed by atoms with E-state index < -0.39 is 7.75 Å². The van der Waals surface area contributed by atoms with E-state index in [1.54, 1.807) is 12.5 Å². The fourth-order valence-corrected chi connectivity index (χ4v) is 4.80. The summed E-state index contributed by atoms with van der Waals surface area (Å²) in [6, 6.07) is 9.20. The highest BCUT2D eigenvalue weighted by Crippen LogP contribution is 2.55. The van der Waals surface area contributed by atoms with Crippen LogP contribution in [0.1, 0.15) is 12.6 Å². The molecule has 0 spiro atoms. The number of anilines is 1. The second-order valence-electron chi connectivity index (χ2n) is 6.16. The summed E-state index contributed by atoms with van der Waals surface area (Å²) in [5, 5.41) is 2.86. The maximum atomic E-state index is 12.9. The first-order valence-corrected chi connectivity index (χ1v) is 9.79. The van der Waals surface area contributed by atoms with Crippen LogP contribution in [0.25, 0.3) is 11.2 Å². The Labute approximate surface area is 148 Å². The Morgan fingerprint density at radius 3 is 2.96 bits per heavy atom. The molecule has 26 heavy (non-hydrogen) atoms. The smallest absolute Gasteiger partial charge is 0.349 e. The van der Waals surface area contributed by atoms with Crippen molar-refractivity contribution in [3.8, 4) is 0 Å². The number of nitrogens with zero attached hydrogens (tertiary/aromatic N) is 4. The van der Waals surface area contributed by atoms with Crippen molar-refractivity contribution in [2.45, 2.75) is 24.9 Å². The van der Waals surface area contributed by atoms with E-state index in [1.165, 1.54) is 6.33 Å². The summed E-state index contributed by atoms with van der Waals surface area (Å²) in [4.78, 5) is 12.5. The molecular formula is C16H16N5O4P. The summed E-state index contributed by atoms with van der Waals surface area (Å²) in [5.74, 6) is 0. The number of nitrogens with one attached hydrogen (secondary N) is 1. The third kappa shape index (κ3) is 2.79. The number of aromatic nitrogens is 4. The number of fused-ring (bicyclic) bond motifs is 2. The predicted molar refractivity (Wildman–Crippen MR) is 92.3 cm³/mol. The Kier molecular flexibility index (Phi) is 3.75. The molecule has 2 saturated heterocycles. The highest BCUT2D eigenvalue weighted by Gasteiger charge is 2.47. The van der Waals surface area contributed by atoms with Gasteiger partial charge in [0.25, 0.3) is 0 Å².